The molecule has 0 spiro atoms. The van der Waals surface area contributed by atoms with Crippen molar-refractivity contribution in [2.45, 2.75) is 78.1 Å². The lowest BCUT2D eigenvalue weighted by Crippen LogP contribution is -2.40. The van der Waals surface area contributed by atoms with Crippen LogP contribution in [-0.2, 0) is 22.2 Å². The summed E-state index contributed by atoms with van der Waals surface area (Å²) in [5.74, 6) is -2.65. The van der Waals surface area contributed by atoms with Gasteiger partial charge in [-0.05, 0) is 106 Å². The van der Waals surface area contributed by atoms with Crippen molar-refractivity contribution in [3.05, 3.63) is 91.6 Å². The molecule has 0 radical (unpaired) electrons. The zero-order valence-corrected chi connectivity index (χ0v) is 27.0. The van der Waals surface area contributed by atoms with Crippen LogP contribution in [0, 0.1) is 39.4 Å². The molecular weight excluding hydrogens is 602 g/mol. The van der Waals surface area contributed by atoms with Crippen molar-refractivity contribution in [2.24, 2.45) is 5.92 Å². The van der Waals surface area contributed by atoms with E-state index >= 15 is 4.39 Å². The first-order valence-corrected chi connectivity index (χ1v) is 15.3. The third-order valence-electron chi connectivity index (χ3n) is 8.51. The molecule has 11 heteroatoms. The zero-order valence-electron chi connectivity index (χ0n) is 27.0. The summed E-state index contributed by atoms with van der Waals surface area (Å²) < 4.78 is 58.5. The van der Waals surface area contributed by atoms with Crippen LogP contribution in [0.1, 0.15) is 76.7 Å². The zero-order chi connectivity index (χ0) is 34.1. The number of hydrogen-bond donors (Lipinski definition) is 2. The number of carboxylic acid groups (broad SMARTS) is 1. The van der Waals surface area contributed by atoms with Crippen molar-refractivity contribution in [3.63, 3.8) is 0 Å². The van der Waals surface area contributed by atoms with Gasteiger partial charge < -0.3 is 19.9 Å². The Labute approximate surface area is 266 Å². The average molecular weight is 644 g/mol. The summed E-state index contributed by atoms with van der Waals surface area (Å²) in [4.78, 5) is 40.8. The van der Waals surface area contributed by atoms with Crippen LogP contribution in [0.15, 0.2) is 41.3 Å². The van der Waals surface area contributed by atoms with Crippen molar-refractivity contribution >= 4 is 11.9 Å². The van der Waals surface area contributed by atoms with Crippen LogP contribution in [0.3, 0.4) is 0 Å². The maximum absolute atomic E-state index is 15.8. The van der Waals surface area contributed by atoms with Crippen LogP contribution in [0.4, 0.5) is 17.6 Å². The number of carbonyl (C=O) groups excluding carboxylic acids is 1. The van der Waals surface area contributed by atoms with E-state index in [9.17, 15) is 32.7 Å². The Kier molecular flexibility index (Phi) is 10.5. The maximum Gasteiger partial charge on any atom is 0.416 e. The van der Waals surface area contributed by atoms with Crippen LogP contribution < -0.4 is 10.9 Å². The molecule has 1 amide bonds. The van der Waals surface area contributed by atoms with E-state index in [-0.39, 0.29) is 42.0 Å². The summed E-state index contributed by atoms with van der Waals surface area (Å²) in [5.41, 5.74) is 2.53. The van der Waals surface area contributed by atoms with Crippen LogP contribution in [-0.4, -0.2) is 47.1 Å². The second-order valence-corrected chi connectivity index (χ2v) is 12.8. The minimum Gasteiger partial charge on any atom is -0.481 e. The quantitative estimate of drug-likeness (QED) is 0.215. The van der Waals surface area contributed by atoms with Crippen molar-refractivity contribution < 1.29 is 32.3 Å². The first-order valence-electron chi connectivity index (χ1n) is 15.3. The number of benzene rings is 2. The molecule has 1 saturated carbocycles. The first-order chi connectivity index (χ1) is 21.5. The van der Waals surface area contributed by atoms with Gasteiger partial charge in [0, 0.05) is 24.4 Å². The number of carbonyl (C=O) groups is 2. The largest absolute Gasteiger partial charge is 0.481 e. The number of aryl methyl sites for hydroxylation is 4. The molecule has 7 nitrogen and oxygen atoms in total. The van der Waals surface area contributed by atoms with E-state index in [2.05, 4.69) is 5.32 Å². The molecule has 0 aliphatic heterocycles. The van der Waals surface area contributed by atoms with Gasteiger partial charge in [0.25, 0.3) is 5.56 Å². The van der Waals surface area contributed by atoms with Gasteiger partial charge in [-0.15, -0.1) is 0 Å². The van der Waals surface area contributed by atoms with Crippen molar-refractivity contribution in [1.82, 2.24) is 14.8 Å². The Hall–Kier alpha value is -3.99. The third kappa shape index (κ3) is 8.23. The van der Waals surface area contributed by atoms with Gasteiger partial charge in [0.15, 0.2) is 0 Å². The number of carboxylic acids is 1. The first kappa shape index (κ1) is 34.9. The molecule has 0 saturated heterocycles. The minimum absolute atomic E-state index is 0.0172. The molecule has 2 aromatic carbocycles. The highest BCUT2D eigenvalue weighted by Gasteiger charge is 2.37. The summed E-state index contributed by atoms with van der Waals surface area (Å²) in [7, 11) is 3.43. The number of aromatic nitrogens is 1. The third-order valence-corrected chi connectivity index (χ3v) is 8.51. The number of alkyl halides is 3. The van der Waals surface area contributed by atoms with Crippen molar-refractivity contribution in [2.75, 3.05) is 20.6 Å². The monoisotopic (exact) mass is 643 g/mol. The Morgan fingerprint density at radius 3 is 2.20 bits per heavy atom. The fourth-order valence-electron chi connectivity index (χ4n) is 6.17. The molecule has 1 aliphatic rings. The second kappa shape index (κ2) is 13.8. The average Bonchev–Trinajstić information content (AvgIpc) is 3.75. The number of likely N-dealkylation sites (N-methyl/N-ethyl adjacent to an activating group) is 1. The standard InChI is InChI=1S/C35H41F4N3O4/c1-19-11-20(2)32(21(3)12-19)25-13-22(4)33(36)26(15-25)28(17-31(44)45)40-34(46)29(14-23-7-8-23)42-18-24(9-10-41(5)6)27(16-30(42)43)35(37,38)39/h11-13,15-16,18,23,28-29H,7-10,14,17H2,1-6H3,(H,40,46)(H,44,45). The van der Waals surface area contributed by atoms with Crippen molar-refractivity contribution in [3.8, 4) is 11.1 Å². The molecule has 1 aromatic heterocycles. The normalized spacial score (nSPS) is 14.8. The number of amides is 1. The van der Waals surface area contributed by atoms with Gasteiger partial charge in [-0.3, -0.25) is 14.4 Å². The van der Waals surface area contributed by atoms with Crippen LogP contribution >= 0.6 is 0 Å². The lowest BCUT2D eigenvalue weighted by Gasteiger charge is -2.26. The fourth-order valence-corrected chi connectivity index (χ4v) is 6.17. The summed E-state index contributed by atoms with van der Waals surface area (Å²) in [5, 5.41) is 12.5. The molecule has 2 atom stereocenters. The molecule has 1 fully saturated rings. The van der Waals surface area contributed by atoms with Crippen LogP contribution in [0.25, 0.3) is 11.1 Å². The number of pyridine rings is 1. The van der Waals surface area contributed by atoms with E-state index < -0.39 is 53.5 Å². The Morgan fingerprint density at radius 2 is 1.65 bits per heavy atom. The molecule has 1 heterocycles. The van der Waals surface area contributed by atoms with Gasteiger partial charge in [-0.1, -0.05) is 30.5 Å². The van der Waals surface area contributed by atoms with Gasteiger partial charge in [0.1, 0.15) is 11.9 Å². The highest BCUT2D eigenvalue weighted by molar-refractivity contribution is 5.82. The second-order valence-electron chi connectivity index (χ2n) is 12.8. The summed E-state index contributed by atoms with van der Waals surface area (Å²) in [6.45, 7) is 7.67. The summed E-state index contributed by atoms with van der Waals surface area (Å²) >= 11 is 0. The van der Waals surface area contributed by atoms with Crippen LogP contribution in [0.2, 0.25) is 0 Å². The maximum atomic E-state index is 15.8. The van der Waals surface area contributed by atoms with E-state index in [0.717, 1.165) is 45.9 Å². The number of aliphatic carboxylic acids is 1. The lowest BCUT2D eigenvalue weighted by atomic mass is 9.89. The predicted molar refractivity (Wildman–Crippen MR) is 168 cm³/mol. The molecular formula is C35H41F4N3O4. The highest BCUT2D eigenvalue weighted by atomic mass is 19.4. The Morgan fingerprint density at radius 1 is 1.02 bits per heavy atom. The van der Waals surface area contributed by atoms with Crippen LogP contribution in [0.5, 0.6) is 0 Å². The molecule has 248 valence electrons. The van der Waals surface area contributed by atoms with E-state index in [1.54, 1.807) is 38.1 Å². The van der Waals surface area contributed by atoms with E-state index in [0.29, 0.717) is 11.6 Å². The molecule has 0 bridgehead atoms. The number of nitrogens with zero attached hydrogens (tertiary/aromatic N) is 2. The van der Waals surface area contributed by atoms with Gasteiger partial charge in [0.2, 0.25) is 5.91 Å². The van der Waals surface area contributed by atoms with Crippen molar-refractivity contribution in [1.29, 1.82) is 0 Å². The molecule has 2 unspecified atom stereocenters. The molecule has 2 N–H and O–H groups in total. The summed E-state index contributed by atoms with van der Waals surface area (Å²) in [6.07, 6.45) is -2.59. The molecule has 3 aromatic rings. The van der Waals surface area contributed by atoms with E-state index in [1.807, 2.05) is 32.9 Å². The summed E-state index contributed by atoms with van der Waals surface area (Å²) in [6, 6.07) is 5.20. The Balaban J connectivity index is 1.79. The van der Waals surface area contributed by atoms with Gasteiger partial charge >= 0.3 is 12.1 Å². The van der Waals surface area contributed by atoms with Gasteiger partial charge in [-0.25, -0.2) is 4.39 Å². The number of halogens is 4. The number of rotatable bonds is 12. The van der Waals surface area contributed by atoms with Gasteiger partial charge in [-0.2, -0.15) is 13.2 Å². The molecule has 4 rings (SSSR count). The predicted octanol–water partition coefficient (Wildman–Crippen LogP) is 6.68. The minimum atomic E-state index is -4.77. The SMILES string of the molecule is Cc1cc(C)c(-c2cc(C)c(F)c(C(CC(=O)O)NC(=O)C(CC3CC3)n3cc(CCN(C)C)c(C(F)(F)F)cc3=O)c2)c(C)c1. The smallest absolute Gasteiger partial charge is 0.416 e. The topological polar surface area (TPSA) is 91.6 Å². The van der Waals surface area contributed by atoms with E-state index in [1.165, 1.54) is 0 Å². The van der Waals surface area contributed by atoms with E-state index in [4.69, 9.17) is 0 Å². The lowest BCUT2D eigenvalue weighted by molar-refractivity contribution is -0.139. The fraction of sp³-hybridized carbons (Fsp3) is 0.457. The highest BCUT2D eigenvalue weighted by Crippen LogP contribution is 2.39. The van der Waals surface area contributed by atoms with Gasteiger partial charge in [0.05, 0.1) is 18.0 Å². The Bertz CT molecular complexity index is 1670. The molecule has 1 aliphatic carbocycles. The number of hydrogen-bond acceptors (Lipinski definition) is 4. The molecule has 46 heavy (non-hydrogen) atoms. The number of nitrogens with one attached hydrogen (secondary N) is 1.